The first-order valence-corrected chi connectivity index (χ1v) is 5.35. The highest BCUT2D eigenvalue weighted by Crippen LogP contribution is 2.22. The lowest BCUT2D eigenvalue weighted by Gasteiger charge is -2.27. The molecule has 1 aliphatic carbocycles. The summed E-state index contributed by atoms with van der Waals surface area (Å²) in [4.78, 5) is 5.59. The highest BCUT2D eigenvalue weighted by molar-refractivity contribution is 5.04. The Morgan fingerprint density at radius 2 is 2.43 bits per heavy atom. The van der Waals surface area contributed by atoms with Crippen LogP contribution in [0.25, 0.3) is 0 Å². The van der Waals surface area contributed by atoms with E-state index in [1.807, 2.05) is 12.3 Å². The summed E-state index contributed by atoms with van der Waals surface area (Å²) in [5.74, 6) is 0. The van der Waals surface area contributed by atoms with Crippen LogP contribution in [0, 0.1) is 0 Å². The third-order valence-corrected chi connectivity index (χ3v) is 3.18. The van der Waals surface area contributed by atoms with Gasteiger partial charge in [-0.15, -0.1) is 0 Å². The molecule has 0 aromatic carbocycles. The van der Waals surface area contributed by atoms with Crippen molar-refractivity contribution in [3.8, 4) is 0 Å². The van der Waals surface area contributed by atoms with Gasteiger partial charge in [-0.25, -0.2) is 0 Å². The van der Waals surface area contributed by atoms with Crippen molar-refractivity contribution >= 4 is 0 Å². The predicted molar refractivity (Wildman–Crippen MR) is 57.9 cm³/mol. The molecule has 0 spiro atoms. The van der Waals surface area contributed by atoms with Crippen LogP contribution in [0.3, 0.4) is 0 Å². The Hall–Kier alpha value is -0.800. The Kier molecular flexibility index (Phi) is 2.89. The van der Waals surface area contributed by atoms with Crippen molar-refractivity contribution in [2.24, 2.45) is 5.73 Å². The first-order valence-electron chi connectivity index (χ1n) is 5.35. The number of aromatic amines is 1. The van der Waals surface area contributed by atoms with E-state index >= 15 is 0 Å². The second-order valence-electron chi connectivity index (χ2n) is 4.27. The quantitative estimate of drug-likeness (QED) is 0.760. The van der Waals surface area contributed by atoms with E-state index in [1.165, 1.54) is 25.0 Å². The Bertz CT molecular complexity index is 268. The molecule has 14 heavy (non-hydrogen) atoms. The Morgan fingerprint density at radius 1 is 1.57 bits per heavy atom. The molecule has 0 radical (unpaired) electrons. The molecule has 3 heteroatoms. The average Bonchev–Trinajstić information content (AvgIpc) is 2.75. The van der Waals surface area contributed by atoms with Crippen LogP contribution in [0.5, 0.6) is 0 Å². The minimum Gasteiger partial charge on any atom is -0.364 e. The molecule has 1 aliphatic rings. The Morgan fingerprint density at radius 3 is 3.00 bits per heavy atom. The normalized spacial score (nSPS) is 27.4. The van der Waals surface area contributed by atoms with E-state index in [1.54, 1.807) is 0 Å². The molecular formula is C11H19N3. The van der Waals surface area contributed by atoms with E-state index in [2.05, 4.69) is 23.0 Å². The second kappa shape index (κ2) is 4.15. The lowest BCUT2D eigenvalue weighted by Crippen LogP contribution is -2.41. The van der Waals surface area contributed by atoms with Crippen molar-refractivity contribution in [1.82, 2.24) is 9.88 Å². The highest BCUT2D eigenvalue weighted by Gasteiger charge is 2.27. The molecule has 3 N–H and O–H groups in total. The lowest BCUT2D eigenvalue weighted by molar-refractivity contribution is 0.218. The van der Waals surface area contributed by atoms with Gasteiger partial charge in [0.05, 0.1) is 0 Å². The number of rotatable bonds is 3. The third-order valence-electron chi connectivity index (χ3n) is 3.18. The molecule has 3 nitrogen and oxygen atoms in total. The molecule has 1 aromatic heterocycles. The molecule has 78 valence electrons. The fourth-order valence-electron chi connectivity index (χ4n) is 2.37. The first kappa shape index (κ1) is 9.74. The number of likely N-dealkylation sites (N-methyl/N-ethyl adjacent to an activating group) is 1. The zero-order valence-electron chi connectivity index (χ0n) is 8.74. The van der Waals surface area contributed by atoms with E-state index in [0.717, 1.165) is 6.54 Å². The topological polar surface area (TPSA) is 45.0 Å². The zero-order valence-corrected chi connectivity index (χ0v) is 8.74. The third kappa shape index (κ3) is 1.99. The number of hydrogen-bond donors (Lipinski definition) is 2. The molecule has 0 aliphatic heterocycles. The summed E-state index contributed by atoms with van der Waals surface area (Å²) < 4.78 is 0. The minimum atomic E-state index is 0.370. The molecule has 1 fully saturated rings. The van der Waals surface area contributed by atoms with Crippen LogP contribution in [-0.2, 0) is 6.54 Å². The van der Waals surface area contributed by atoms with Crippen molar-refractivity contribution in [1.29, 1.82) is 0 Å². The molecule has 0 bridgehead atoms. The monoisotopic (exact) mass is 193 g/mol. The molecule has 2 unspecified atom stereocenters. The Labute approximate surface area is 85.3 Å². The first-order chi connectivity index (χ1) is 6.77. The van der Waals surface area contributed by atoms with Crippen LogP contribution in [0.15, 0.2) is 18.3 Å². The van der Waals surface area contributed by atoms with Crippen LogP contribution >= 0.6 is 0 Å². The number of aromatic nitrogens is 1. The van der Waals surface area contributed by atoms with Crippen molar-refractivity contribution < 1.29 is 0 Å². The predicted octanol–water partition coefficient (Wildman–Crippen LogP) is 1.33. The van der Waals surface area contributed by atoms with Crippen LogP contribution in [0.1, 0.15) is 25.0 Å². The standard InChI is InChI=1S/C11H19N3/c1-14(8-9-4-3-7-13-9)11-6-2-5-10(11)12/h3-4,7,10-11,13H,2,5-6,8,12H2,1H3. The van der Waals surface area contributed by atoms with Crippen LogP contribution in [0.2, 0.25) is 0 Å². The van der Waals surface area contributed by atoms with E-state index in [9.17, 15) is 0 Å². The zero-order chi connectivity index (χ0) is 9.97. The molecule has 0 saturated heterocycles. The van der Waals surface area contributed by atoms with E-state index in [-0.39, 0.29) is 0 Å². The van der Waals surface area contributed by atoms with Crippen molar-refractivity contribution in [2.75, 3.05) is 7.05 Å². The van der Waals surface area contributed by atoms with Crippen LogP contribution < -0.4 is 5.73 Å². The van der Waals surface area contributed by atoms with E-state index in [4.69, 9.17) is 5.73 Å². The summed E-state index contributed by atoms with van der Waals surface area (Å²) in [5.41, 5.74) is 7.33. The SMILES string of the molecule is CN(Cc1ccc[nH]1)C1CCCC1N. The van der Waals surface area contributed by atoms with Crippen molar-refractivity contribution in [3.05, 3.63) is 24.0 Å². The number of nitrogens with zero attached hydrogens (tertiary/aromatic N) is 1. The summed E-state index contributed by atoms with van der Waals surface area (Å²) in [6.45, 7) is 0.978. The summed E-state index contributed by atoms with van der Waals surface area (Å²) in [5, 5.41) is 0. The van der Waals surface area contributed by atoms with Crippen LogP contribution in [-0.4, -0.2) is 29.0 Å². The average molecular weight is 193 g/mol. The van der Waals surface area contributed by atoms with Gasteiger partial charge in [-0.05, 0) is 32.0 Å². The van der Waals surface area contributed by atoms with Crippen molar-refractivity contribution in [3.63, 3.8) is 0 Å². The summed E-state index contributed by atoms with van der Waals surface area (Å²) >= 11 is 0. The molecule has 1 aromatic rings. The Balaban J connectivity index is 1.92. The highest BCUT2D eigenvalue weighted by atomic mass is 15.2. The van der Waals surface area contributed by atoms with Gasteiger partial charge in [-0.3, -0.25) is 4.90 Å². The van der Waals surface area contributed by atoms with Gasteiger partial charge in [0.1, 0.15) is 0 Å². The second-order valence-corrected chi connectivity index (χ2v) is 4.27. The fourth-order valence-corrected chi connectivity index (χ4v) is 2.37. The molecule has 2 rings (SSSR count). The summed E-state index contributed by atoms with van der Waals surface area (Å²) in [6.07, 6.45) is 5.68. The summed E-state index contributed by atoms with van der Waals surface area (Å²) in [7, 11) is 2.16. The molecular weight excluding hydrogens is 174 g/mol. The maximum absolute atomic E-state index is 6.06. The molecule has 2 atom stereocenters. The van der Waals surface area contributed by atoms with Gasteiger partial charge in [-0.2, -0.15) is 0 Å². The lowest BCUT2D eigenvalue weighted by atomic mass is 10.1. The summed E-state index contributed by atoms with van der Waals surface area (Å²) in [6, 6.07) is 5.10. The fraction of sp³-hybridized carbons (Fsp3) is 0.636. The number of H-pyrrole nitrogens is 1. The van der Waals surface area contributed by atoms with Gasteiger partial charge in [0.2, 0.25) is 0 Å². The van der Waals surface area contributed by atoms with Gasteiger partial charge in [0.25, 0.3) is 0 Å². The van der Waals surface area contributed by atoms with Crippen molar-refractivity contribution in [2.45, 2.75) is 37.9 Å². The van der Waals surface area contributed by atoms with E-state index < -0.39 is 0 Å². The van der Waals surface area contributed by atoms with E-state index in [0.29, 0.717) is 12.1 Å². The van der Waals surface area contributed by atoms with Gasteiger partial charge >= 0.3 is 0 Å². The smallest absolute Gasteiger partial charge is 0.0385 e. The minimum absolute atomic E-state index is 0.370. The number of hydrogen-bond acceptors (Lipinski definition) is 2. The maximum Gasteiger partial charge on any atom is 0.0385 e. The molecule has 1 heterocycles. The van der Waals surface area contributed by atoms with Crippen LogP contribution in [0.4, 0.5) is 0 Å². The van der Waals surface area contributed by atoms with Gasteiger partial charge in [0.15, 0.2) is 0 Å². The van der Waals surface area contributed by atoms with Gasteiger partial charge < -0.3 is 10.7 Å². The maximum atomic E-state index is 6.06. The largest absolute Gasteiger partial charge is 0.364 e. The van der Waals surface area contributed by atoms with Gasteiger partial charge in [0, 0.05) is 30.5 Å². The number of nitrogens with two attached hydrogens (primary N) is 1. The molecule has 0 amide bonds. The molecule has 1 saturated carbocycles. The number of nitrogens with one attached hydrogen (secondary N) is 1. The van der Waals surface area contributed by atoms with Gasteiger partial charge in [-0.1, -0.05) is 6.42 Å².